The Kier molecular flexibility index (Phi) is 9.45. The first kappa shape index (κ1) is 23.4. The Hall–Kier alpha value is -2.29. The number of benzene rings is 1. The normalized spacial score (nSPS) is 16.3. The second-order valence-corrected chi connectivity index (χ2v) is 8.36. The second-order valence-electron chi connectivity index (χ2n) is 8.36. The number of hydrogen-bond acceptors (Lipinski definition) is 6. The number of imide groups is 1. The van der Waals surface area contributed by atoms with Gasteiger partial charge < -0.3 is 20.4 Å². The molecule has 2 fully saturated rings. The SMILES string of the molecule is O=C(CNCCc1ccccc1)NC(=O)CN(C(=O)CNCCN1CCCC1)C1CC1. The summed E-state index contributed by atoms with van der Waals surface area (Å²) in [6.07, 6.45) is 5.16. The van der Waals surface area contributed by atoms with E-state index < -0.39 is 5.91 Å². The van der Waals surface area contributed by atoms with E-state index in [4.69, 9.17) is 0 Å². The molecule has 2 aliphatic rings. The smallest absolute Gasteiger partial charge is 0.246 e. The molecule has 31 heavy (non-hydrogen) atoms. The molecule has 0 radical (unpaired) electrons. The van der Waals surface area contributed by atoms with Crippen LogP contribution in [-0.4, -0.2) is 85.9 Å². The van der Waals surface area contributed by atoms with Crippen LogP contribution in [0.15, 0.2) is 30.3 Å². The number of likely N-dealkylation sites (tertiary alicyclic amines) is 1. The highest BCUT2D eigenvalue weighted by molar-refractivity contribution is 5.98. The largest absolute Gasteiger partial charge is 0.329 e. The number of amides is 3. The van der Waals surface area contributed by atoms with Gasteiger partial charge in [0.05, 0.1) is 13.1 Å². The van der Waals surface area contributed by atoms with Crippen LogP contribution < -0.4 is 16.0 Å². The predicted octanol–water partition coefficient (Wildman–Crippen LogP) is 0.138. The van der Waals surface area contributed by atoms with Gasteiger partial charge in [0.25, 0.3) is 0 Å². The number of nitrogens with zero attached hydrogens (tertiary/aromatic N) is 2. The molecule has 0 unspecified atom stereocenters. The van der Waals surface area contributed by atoms with E-state index in [1.807, 2.05) is 30.3 Å². The molecule has 1 aliphatic carbocycles. The first-order valence-corrected chi connectivity index (χ1v) is 11.4. The van der Waals surface area contributed by atoms with Gasteiger partial charge in [0, 0.05) is 19.1 Å². The summed E-state index contributed by atoms with van der Waals surface area (Å²) >= 11 is 0. The van der Waals surface area contributed by atoms with Crippen molar-refractivity contribution in [3.8, 4) is 0 Å². The van der Waals surface area contributed by atoms with Crippen molar-refractivity contribution in [1.29, 1.82) is 0 Å². The Morgan fingerprint density at radius 2 is 1.65 bits per heavy atom. The van der Waals surface area contributed by atoms with Crippen molar-refractivity contribution in [3.63, 3.8) is 0 Å². The highest BCUT2D eigenvalue weighted by Crippen LogP contribution is 2.26. The van der Waals surface area contributed by atoms with Crippen LogP contribution in [0.25, 0.3) is 0 Å². The first-order valence-electron chi connectivity index (χ1n) is 11.4. The molecule has 0 aromatic heterocycles. The molecule has 3 N–H and O–H groups in total. The minimum atomic E-state index is -0.424. The fraction of sp³-hybridized carbons (Fsp3) is 0.609. The maximum absolute atomic E-state index is 12.6. The molecule has 0 atom stereocenters. The average molecular weight is 430 g/mol. The van der Waals surface area contributed by atoms with E-state index in [0.717, 1.165) is 45.4 Å². The van der Waals surface area contributed by atoms with Crippen molar-refractivity contribution in [2.75, 3.05) is 52.4 Å². The second kappa shape index (κ2) is 12.5. The summed E-state index contributed by atoms with van der Waals surface area (Å²) in [6, 6.07) is 10.1. The molecular weight excluding hydrogens is 394 g/mol. The molecule has 1 aromatic carbocycles. The Labute approximate surface area is 184 Å². The van der Waals surface area contributed by atoms with Gasteiger partial charge in [-0.15, -0.1) is 0 Å². The number of carbonyl (C=O) groups is 3. The summed E-state index contributed by atoms with van der Waals surface area (Å²) in [5, 5.41) is 8.63. The van der Waals surface area contributed by atoms with Crippen LogP contribution in [0.3, 0.4) is 0 Å². The maximum atomic E-state index is 12.6. The van der Waals surface area contributed by atoms with E-state index in [0.29, 0.717) is 6.54 Å². The fourth-order valence-corrected chi connectivity index (χ4v) is 3.82. The third kappa shape index (κ3) is 8.77. The van der Waals surface area contributed by atoms with Crippen LogP contribution in [0.5, 0.6) is 0 Å². The summed E-state index contributed by atoms with van der Waals surface area (Å²) in [6.45, 7) is 4.89. The van der Waals surface area contributed by atoms with Crippen molar-refractivity contribution >= 4 is 17.7 Å². The van der Waals surface area contributed by atoms with Gasteiger partial charge in [0.15, 0.2) is 0 Å². The molecule has 3 amide bonds. The van der Waals surface area contributed by atoms with E-state index in [1.165, 1.54) is 18.4 Å². The zero-order valence-corrected chi connectivity index (χ0v) is 18.3. The maximum Gasteiger partial charge on any atom is 0.246 e. The predicted molar refractivity (Wildman–Crippen MR) is 119 cm³/mol. The molecule has 1 aromatic rings. The molecule has 8 heteroatoms. The van der Waals surface area contributed by atoms with Gasteiger partial charge in [0.2, 0.25) is 17.7 Å². The Balaban J connectivity index is 1.29. The lowest BCUT2D eigenvalue weighted by Crippen LogP contribution is -2.48. The van der Waals surface area contributed by atoms with Crippen molar-refractivity contribution in [2.24, 2.45) is 0 Å². The summed E-state index contributed by atoms with van der Waals surface area (Å²) in [5.74, 6) is -0.871. The average Bonchev–Trinajstić information content (AvgIpc) is 3.48. The lowest BCUT2D eigenvalue weighted by molar-refractivity contribution is -0.138. The zero-order valence-electron chi connectivity index (χ0n) is 18.3. The number of hydrogen-bond donors (Lipinski definition) is 3. The van der Waals surface area contributed by atoms with E-state index in [1.54, 1.807) is 4.90 Å². The minimum Gasteiger partial charge on any atom is -0.329 e. The van der Waals surface area contributed by atoms with E-state index >= 15 is 0 Å². The number of rotatable bonds is 13. The number of nitrogens with one attached hydrogen (secondary N) is 3. The first-order chi connectivity index (χ1) is 15.1. The van der Waals surface area contributed by atoms with Gasteiger partial charge in [0.1, 0.15) is 6.54 Å². The quantitative estimate of drug-likeness (QED) is 0.386. The van der Waals surface area contributed by atoms with Gasteiger partial charge in [-0.25, -0.2) is 0 Å². The molecule has 8 nitrogen and oxygen atoms in total. The van der Waals surface area contributed by atoms with Crippen LogP contribution in [0.2, 0.25) is 0 Å². The monoisotopic (exact) mass is 429 g/mol. The van der Waals surface area contributed by atoms with Crippen LogP contribution in [0.1, 0.15) is 31.2 Å². The minimum absolute atomic E-state index is 0.0624. The van der Waals surface area contributed by atoms with Gasteiger partial charge in [-0.1, -0.05) is 30.3 Å². The molecule has 1 heterocycles. The van der Waals surface area contributed by atoms with Crippen molar-refractivity contribution in [2.45, 2.75) is 38.1 Å². The molecule has 170 valence electrons. The van der Waals surface area contributed by atoms with E-state index in [9.17, 15) is 14.4 Å². The molecule has 0 bridgehead atoms. The van der Waals surface area contributed by atoms with Gasteiger partial charge in [-0.3, -0.25) is 19.7 Å². The zero-order chi connectivity index (χ0) is 21.9. The number of carbonyl (C=O) groups excluding carboxylic acids is 3. The van der Waals surface area contributed by atoms with E-state index in [-0.39, 0.29) is 37.5 Å². The fourth-order valence-electron chi connectivity index (χ4n) is 3.82. The molecule has 1 saturated heterocycles. The van der Waals surface area contributed by atoms with Crippen molar-refractivity contribution in [3.05, 3.63) is 35.9 Å². The van der Waals surface area contributed by atoms with Gasteiger partial charge in [-0.2, -0.15) is 0 Å². The molecule has 0 spiro atoms. The topological polar surface area (TPSA) is 93.8 Å². The highest BCUT2D eigenvalue weighted by Gasteiger charge is 2.33. The third-order valence-corrected chi connectivity index (χ3v) is 5.70. The Bertz CT molecular complexity index is 717. The summed E-state index contributed by atoms with van der Waals surface area (Å²) in [7, 11) is 0. The third-order valence-electron chi connectivity index (χ3n) is 5.70. The highest BCUT2D eigenvalue weighted by atomic mass is 16.2. The van der Waals surface area contributed by atoms with Gasteiger partial charge >= 0.3 is 0 Å². The van der Waals surface area contributed by atoms with Crippen LogP contribution >= 0.6 is 0 Å². The van der Waals surface area contributed by atoms with Crippen LogP contribution in [0.4, 0.5) is 0 Å². The molecule has 1 saturated carbocycles. The summed E-state index contributed by atoms with van der Waals surface area (Å²) < 4.78 is 0. The van der Waals surface area contributed by atoms with Crippen LogP contribution in [-0.2, 0) is 20.8 Å². The molecule has 3 rings (SSSR count). The summed E-state index contributed by atoms with van der Waals surface area (Å²) in [5.41, 5.74) is 1.19. The lowest BCUT2D eigenvalue weighted by atomic mass is 10.1. The van der Waals surface area contributed by atoms with Crippen molar-refractivity contribution in [1.82, 2.24) is 25.8 Å². The van der Waals surface area contributed by atoms with Crippen LogP contribution in [0, 0.1) is 0 Å². The Morgan fingerprint density at radius 1 is 0.935 bits per heavy atom. The van der Waals surface area contributed by atoms with Crippen molar-refractivity contribution < 1.29 is 14.4 Å². The Morgan fingerprint density at radius 3 is 2.35 bits per heavy atom. The van der Waals surface area contributed by atoms with E-state index in [2.05, 4.69) is 20.9 Å². The standard InChI is InChI=1S/C23H35N5O3/c29-21(16-24-11-10-19-6-2-1-3-7-19)26-22(30)18-28(20-8-9-20)23(31)17-25-12-15-27-13-4-5-14-27/h1-3,6-7,20,24-25H,4-5,8-18H2,(H,26,29,30). The lowest BCUT2D eigenvalue weighted by Gasteiger charge is -2.22. The van der Waals surface area contributed by atoms with Gasteiger partial charge in [-0.05, 0) is 57.3 Å². The molecular formula is C23H35N5O3. The summed E-state index contributed by atoms with van der Waals surface area (Å²) in [4.78, 5) is 40.9. The molecule has 1 aliphatic heterocycles.